The number of aromatic nitrogens is 1. The van der Waals surface area contributed by atoms with Crippen LogP contribution in [0.25, 0.3) is 0 Å². The van der Waals surface area contributed by atoms with Crippen molar-refractivity contribution in [1.82, 2.24) is 9.99 Å². The highest BCUT2D eigenvalue weighted by Crippen LogP contribution is 2.37. The first-order valence-corrected chi connectivity index (χ1v) is 8.06. The average molecular weight is 362 g/mol. The molecule has 0 atom stereocenters. The molecule has 1 rings (SSSR count). The lowest BCUT2D eigenvalue weighted by Gasteiger charge is -2.29. The summed E-state index contributed by atoms with van der Waals surface area (Å²) >= 11 is 0.431. The van der Waals surface area contributed by atoms with Crippen molar-refractivity contribution in [2.45, 2.75) is 45.7 Å². The lowest BCUT2D eigenvalue weighted by atomic mass is 10.3. The molecule has 0 spiro atoms. The van der Waals surface area contributed by atoms with Gasteiger partial charge in [-0.15, -0.1) is 0 Å². The van der Waals surface area contributed by atoms with Crippen molar-refractivity contribution in [3.05, 3.63) is 10.6 Å². The summed E-state index contributed by atoms with van der Waals surface area (Å²) in [5, 5.41) is 10.3. The van der Waals surface area contributed by atoms with E-state index in [4.69, 9.17) is 5.26 Å². The van der Waals surface area contributed by atoms with Crippen molar-refractivity contribution in [3.8, 4) is 6.07 Å². The molecule has 1 heterocycles. The lowest BCUT2D eigenvalue weighted by Crippen LogP contribution is -2.47. The normalized spacial score (nSPS) is 11.0. The zero-order valence-corrected chi connectivity index (χ0v) is 14.3. The van der Waals surface area contributed by atoms with E-state index in [1.165, 1.54) is 13.1 Å². The monoisotopic (exact) mass is 362 g/mol. The summed E-state index contributed by atoms with van der Waals surface area (Å²) in [5.41, 5.74) is -1.35. The number of alkyl halides is 3. The zero-order chi connectivity index (χ0) is 18.5. The molecule has 1 aromatic heterocycles. The van der Waals surface area contributed by atoms with Gasteiger partial charge in [-0.1, -0.05) is 25.2 Å². The van der Waals surface area contributed by atoms with Crippen LogP contribution in [-0.4, -0.2) is 28.9 Å². The number of carbonyl (C=O) groups is 2. The number of amides is 2. The van der Waals surface area contributed by atoms with Crippen LogP contribution in [-0.2, 0) is 15.8 Å². The molecule has 24 heavy (non-hydrogen) atoms. The molecule has 0 aliphatic rings. The number of carbonyl (C=O) groups excluding carboxylic acids is 2. The minimum atomic E-state index is -4.81. The number of nitriles is 1. The molecule has 0 saturated carbocycles. The molecule has 132 valence electrons. The van der Waals surface area contributed by atoms with Crippen LogP contribution in [0.1, 0.15) is 50.1 Å². The Hall–Kier alpha value is -2.15. The van der Waals surface area contributed by atoms with Crippen LogP contribution >= 0.6 is 11.3 Å². The SMILES string of the molecule is CCCC(=O)N(C)N(C(=O)CCC)c1nc(C(F)(F)F)c(C#N)s1. The van der Waals surface area contributed by atoms with Crippen molar-refractivity contribution in [3.63, 3.8) is 0 Å². The summed E-state index contributed by atoms with van der Waals surface area (Å²) in [6.07, 6.45) is -3.67. The molecular weight excluding hydrogens is 345 g/mol. The maximum Gasteiger partial charge on any atom is 0.435 e. The van der Waals surface area contributed by atoms with Crippen LogP contribution < -0.4 is 5.01 Å². The van der Waals surface area contributed by atoms with E-state index in [2.05, 4.69) is 4.98 Å². The predicted octanol–water partition coefficient (Wildman–Crippen LogP) is 3.34. The van der Waals surface area contributed by atoms with Gasteiger partial charge in [-0.25, -0.2) is 9.99 Å². The number of rotatable bonds is 5. The molecule has 0 radical (unpaired) electrons. The molecule has 0 fully saturated rings. The van der Waals surface area contributed by atoms with E-state index in [1.807, 2.05) is 0 Å². The van der Waals surface area contributed by atoms with Gasteiger partial charge in [0.1, 0.15) is 10.9 Å². The molecule has 0 aliphatic heterocycles. The smallest absolute Gasteiger partial charge is 0.273 e. The first kappa shape index (κ1) is 19.9. The van der Waals surface area contributed by atoms with Gasteiger partial charge in [0.2, 0.25) is 16.9 Å². The lowest BCUT2D eigenvalue weighted by molar-refractivity contribution is -0.141. The van der Waals surface area contributed by atoms with Gasteiger partial charge in [0.25, 0.3) is 0 Å². The molecule has 2 amide bonds. The van der Waals surface area contributed by atoms with Crippen molar-refractivity contribution in [2.24, 2.45) is 0 Å². The zero-order valence-electron chi connectivity index (χ0n) is 13.5. The fourth-order valence-electron chi connectivity index (χ4n) is 1.88. The molecule has 0 N–H and O–H groups in total. The van der Waals surface area contributed by atoms with Gasteiger partial charge in [0.15, 0.2) is 5.69 Å². The average Bonchev–Trinajstić information content (AvgIpc) is 2.92. The second-order valence-corrected chi connectivity index (χ2v) is 5.88. The van der Waals surface area contributed by atoms with E-state index in [0.29, 0.717) is 24.2 Å². The van der Waals surface area contributed by atoms with E-state index < -0.39 is 28.6 Å². The van der Waals surface area contributed by atoms with E-state index in [9.17, 15) is 22.8 Å². The van der Waals surface area contributed by atoms with E-state index in [-0.39, 0.29) is 18.0 Å². The molecule has 0 unspecified atom stereocenters. The van der Waals surface area contributed by atoms with Crippen molar-refractivity contribution < 1.29 is 22.8 Å². The molecule has 1 aromatic rings. The first-order chi connectivity index (χ1) is 11.2. The van der Waals surface area contributed by atoms with Gasteiger partial charge in [0.05, 0.1) is 0 Å². The largest absolute Gasteiger partial charge is 0.435 e. The Kier molecular flexibility index (Phi) is 6.71. The Morgan fingerprint density at radius 1 is 1.21 bits per heavy atom. The number of hydrogen-bond acceptors (Lipinski definition) is 5. The summed E-state index contributed by atoms with van der Waals surface area (Å²) in [4.78, 5) is 27.1. The number of halogens is 3. The molecule has 6 nitrogen and oxygen atoms in total. The Labute approximate surface area is 141 Å². The molecule has 0 saturated heterocycles. The number of hydrazine groups is 1. The summed E-state index contributed by atoms with van der Waals surface area (Å²) in [6.45, 7) is 3.50. The van der Waals surface area contributed by atoms with Crippen molar-refractivity contribution >= 4 is 28.3 Å². The van der Waals surface area contributed by atoms with Crippen LogP contribution in [0.3, 0.4) is 0 Å². The van der Waals surface area contributed by atoms with Crippen LogP contribution in [0, 0.1) is 11.3 Å². The molecular formula is C14H17F3N4O2S. The first-order valence-electron chi connectivity index (χ1n) is 7.24. The van der Waals surface area contributed by atoms with Crippen molar-refractivity contribution in [1.29, 1.82) is 5.26 Å². The Morgan fingerprint density at radius 2 is 1.75 bits per heavy atom. The third kappa shape index (κ3) is 4.44. The van der Waals surface area contributed by atoms with Gasteiger partial charge >= 0.3 is 6.18 Å². The van der Waals surface area contributed by atoms with E-state index in [0.717, 1.165) is 10.0 Å². The maximum atomic E-state index is 13.0. The summed E-state index contributed by atoms with van der Waals surface area (Å²) in [6, 6.07) is 1.44. The fourth-order valence-corrected chi connectivity index (χ4v) is 2.81. The van der Waals surface area contributed by atoms with Crippen LogP contribution in [0.5, 0.6) is 0 Å². The molecule has 0 aromatic carbocycles. The molecule has 0 aliphatic carbocycles. The Bertz CT molecular complexity index is 651. The molecule has 10 heteroatoms. The molecule has 0 bridgehead atoms. The summed E-state index contributed by atoms with van der Waals surface area (Å²) in [7, 11) is 1.30. The Morgan fingerprint density at radius 3 is 2.17 bits per heavy atom. The van der Waals surface area contributed by atoms with Crippen LogP contribution in [0.2, 0.25) is 0 Å². The van der Waals surface area contributed by atoms with Crippen LogP contribution in [0.4, 0.5) is 18.3 Å². The highest BCUT2D eigenvalue weighted by atomic mass is 32.1. The maximum absolute atomic E-state index is 13.0. The van der Waals surface area contributed by atoms with Gasteiger partial charge in [-0.3, -0.25) is 9.59 Å². The van der Waals surface area contributed by atoms with Gasteiger partial charge in [-0.2, -0.15) is 23.4 Å². The second kappa shape index (κ2) is 8.10. The van der Waals surface area contributed by atoms with E-state index >= 15 is 0 Å². The Balaban J connectivity index is 3.35. The summed E-state index contributed by atoms with van der Waals surface area (Å²) in [5.74, 6) is -0.986. The summed E-state index contributed by atoms with van der Waals surface area (Å²) < 4.78 is 38.9. The predicted molar refractivity (Wildman–Crippen MR) is 81.9 cm³/mol. The van der Waals surface area contributed by atoms with Crippen molar-refractivity contribution in [2.75, 3.05) is 12.1 Å². The highest BCUT2D eigenvalue weighted by molar-refractivity contribution is 7.16. The third-order valence-corrected chi connectivity index (χ3v) is 3.93. The topological polar surface area (TPSA) is 77.3 Å². The number of nitrogens with zero attached hydrogens (tertiary/aromatic N) is 4. The standard InChI is InChI=1S/C14H17F3N4O2S/c1-4-6-10(22)20(3)21(11(23)7-5-2)13-19-12(14(15,16)17)9(8-18)24-13/h4-7H2,1-3H3. The van der Waals surface area contributed by atoms with Gasteiger partial charge < -0.3 is 0 Å². The minimum Gasteiger partial charge on any atom is -0.273 e. The van der Waals surface area contributed by atoms with E-state index in [1.54, 1.807) is 13.8 Å². The van der Waals surface area contributed by atoms with Crippen LogP contribution in [0.15, 0.2) is 0 Å². The fraction of sp³-hybridized carbons (Fsp3) is 0.571. The minimum absolute atomic E-state index is 0.0343. The van der Waals surface area contributed by atoms with Gasteiger partial charge in [-0.05, 0) is 12.8 Å². The number of hydrogen-bond donors (Lipinski definition) is 0. The number of thiazole rings is 1. The second-order valence-electron chi connectivity index (χ2n) is 4.91. The highest BCUT2D eigenvalue weighted by Gasteiger charge is 2.39. The van der Waals surface area contributed by atoms with Gasteiger partial charge in [0, 0.05) is 19.9 Å². The third-order valence-electron chi connectivity index (χ3n) is 2.99. The number of anilines is 1. The quantitative estimate of drug-likeness (QED) is 0.753.